The number of carbonyl (C=O) groups is 1. The van der Waals surface area contributed by atoms with E-state index in [0.29, 0.717) is 19.5 Å². The first kappa shape index (κ1) is 23.8. The van der Waals surface area contributed by atoms with E-state index >= 15 is 0 Å². The monoisotopic (exact) mass is 492 g/mol. The summed E-state index contributed by atoms with van der Waals surface area (Å²) >= 11 is 1.61. The fourth-order valence-corrected chi connectivity index (χ4v) is 5.95. The van der Waals surface area contributed by atoms with E-state index in [0.717, 1.165) is 57.3 Å². The van der Waals surface area contributed by atoms with Gasteiger partial charge in [-0.2, -0.15) is 0 Å². The summed E-state index contributed by atoms with van der Waals surface area (Å²) in [5.74, 6) is 0.924. The van der Waals surface area contributed by atoms with Crippen LogP contribution in [-0.4, -0.2) is 51.5 Å². The van der Waals surface area contributed by atoms with Gasteiger partial charge in [-0.3, -0.25) is 0 Å². The van der Waals surface area contributed by atoms with Crippen LogP contribution >= 0.6 is 11.3 Å². The lowest BCUT2D eigenvalue weighted by Gasteiger charge is -2.21. The molecule has 2 amide bonds. The van der Waals surface area contributed by atoms with Crippen LogP contribution < -0.4 is 5.32 Å². The Labute approximate surface area is 210 Å². The average molecular weight is 493 g/mol. The summed E-state index contributed by atoms with van der Waals surface area (Å²) in [6.07, 6.45) is 9.11. The Morgan fingerprint density at radius 1 is 1.26 bits per heavy atom. The van der Waals surface area contributed by atoms with Crippen LogP contribution in [-0.2, 0) is 11.2 Å². The Balaban J connectivity index is 1.35. The largest absolute Gasteiger partial charge is 0.491 e. The van der Waals surface area contributed by atoms with Crippen molar-refractivity contribution in [3.63, 3.8) is 0 Å². The highest BCUT2D eigenvalue weighted by Gasteiger charge is 2.31. The molecule has 0 radical (unpaired) electrons. The van der Waals surface area contributed by atoms with E-state index in [1.165, 1.54) is 5.56 Å². The van der Waals surface area contributed by atoms with Crippen LogP contribution in [0.15, 0.2) is 47.8 Å². The molecule has 2 atom stereocenters. The number of hydrogen-bond donors (Lipinski definition) is 2. The van der Waals surface area contributed by atoms with E-state index in [2.05, 4.69) is 39.8 Å². The lowest BCUT2D eigenvalue weighted by Crippen LogP contribution is -2.40. The van der Waals surface area contributed by atoms with E-state index in [4.69, 9.17) is 4.74 Å². The minimum Gasteiger partial charge on any atom is -0.491 e. The fourth-order valence-electron chi connectivity index (χ4n) is 5.03. The number of nitrogens with one attached hydrogen (secondary N) is 1. The fraction of sp³-hybridized carbons (Fsp3) is 0.444. The highest BCUT2D eigenvalue weighted by molar-refractivity contribution is 7.15. The van der Waals surface area contributed by atoms with Gasteiger partial charge in [0.1, 0.15) is 15.8 Å². The molecule has 1 aliphatic heterocycles. The maximum Gasteiger partial charge on any atom is 0.317 e. The van der Waals surface area contributed by atoms with Gasteiger partial charge in [0.15, 0.2) is 0 Å². The van der Waals surface area contributed by atoms with Crippen LogP contribution in [0.1, 0.15) is 62.2 Å². The SMILES string of the molecule is CC=C1CC(c2nnc(-c3cccc4c3CCC4NC(=O)N3CCC(O)C3)s2)=CC=C1OC(C)C. The Kier molecular flexibility index (Phi) is 6.75. The summed E-state index contributed by atoms with van der Waals surface area (Å²) in [5.41, 5.74) is 5.79. The molecule has 0 saturated carbocycles. The number of hydrogen-bond acceptors (Lipinski definition) is 6. The first-order valence-electron chi connectivity index (χ1n) is 12.4. The van der Waals surface area contributed by atoms with E-state index in [1.54, 1.807) is 16.2 Å². The summed E-state index contributed by atoms with van der Waals surface area (Å²) < 4.78 is 5.95. The summed E-state index contributed by atoms with van der Waals surface area (Å²) in [7, 11) is 0. The molecule has 1 aromatic carbocycles. The van der Waals surface area contributed by atoms with Crippen LogP contribution in [0.4, 0.5) is 4.79 Å². The predicted octanol–water partition coefficient (Wildman–Crippen LogP) is 5.01. The number of rotatable bonds is 5. The molecule has 7 nitrogen and oxygen atoms in total. The van der Waals surface area contributed by atoms with Gasteiger partial charge in [0.05, 0.1) is 18.2 Å². The van der Waals surface area contributed by atoms with Crippen molar-refractivity contribution in [1.82, 2.24) is 20.4 Å². The minimum atomic E-state index is -0.414. The molecule has 5 rings (SSSR count). The van der Waals surface area contributed by atoms with Crippen molar-refractivity contribution < 1.29 is 14.6 Å². The molecular formula is C27H32N4O3S. The Morgan fingerprint density at radius 3 is 2.83 bits per heavy atom. The molecule has 1 fully saturated rings. The van der Waals surface area contributed by atoms with E-state index in [1.807, 2.05) is 32.9 Å². The number of aromatic nitrogens is 2. The van der Waals surface area contributed by atoms with E-state index in [-0.39, 0.29) is 18.2 Å². The van der Waals surface area contributed by atoms with E-state index < -0.39 is 6.10 Å². The second-order valence-corrected chi connectivity index (χ2v) is 10.6. The third kappa shape index (κ3) is 4.90. The zero-order valence-electron chi connectivity index (χ0n) is 20.5. The topological polar surface area (TPSA) is 87.6 Å². The summed E-state index contributed by atoms with van der Waals surface area (Å²) in [5, 5.41) is 23.8. The molecule has 2 aliphatic carbocycles. The standard InChI is InChI=1S/C27H32N4O3S/c1-4-17-14-18(8-11-24(17)34-16(2)3)25-29-30-26(35-25)22-7-5-6-21-20(22)9-10-23(21)28-27(33)31-13-12-19(32)15-31/h4-8,11,16,19,23,32H,9-10,12-15H2,1-3H3,(H,28,33). The van der Waals surface area contributed by atoms with Gasteiger partial charge in [0, 0.05) is 25.1 Å². The number of aliphatic hydroxyl groups excluding tert-OH is 1. The first-order valence-corrected chi connectivity index (χ1v) is 13.2. The molecule has 0 spiro atoms. The molecule has 2 aromatic rings. The smallest absolute Gasteiger partial charge is 0.317 e. The predicted molar refractivity (Wildman–Crippen MR) is 138 cm³/mol. The number of carbonyl (C=O) groups excluding carboxylic acids is 1. The number of fused-ring (bicyclic) bond motifs is 1. The second kappa shape index (κ2) is 9.95. The molecule has 0 bridgehead atoms. The molecule has 2 heterocycles. The van der Waals surface area contributed by atoms with Crippen molar-refractivity contribution in [3.05, 3.63) is 63.9 Å². The second-order valence-electron chi connectivity index (χ2n) is 9.60. The summed E-state index contributed by atoms with van der Waals surface area (Å²) in [6, 6.07) is 6.12. The molecule has 2 unspecified atom stereocenters. The van der Waals surface area contributed by atoms with Crippen LogP contribution in [0.25, 0.3) is 16.1 Å². The third-order valence-corrected chi connectivity index (χ3v) is 7.83. The molecule has 8 heteroatoms. The van der Waals surface area contributed by atoms with Crippen LogP contribution in [0.2, 0.25) is 0 Å². The number of allylic oxidation sites excluding steroid dienone is 5. The Bertz CT molecular complexity index is 1210. The maximum atomic E-state index is 12.7. The normalized spacial score (nSPS) is 22.9. The van der Waals surface area contributed by atoms with Gasteiger partial charge in [-0.15, -0.1) is 10.2 Å². The van der Waals surface area contributed by atoms with Gasteiger partial charge in [-0.25, -0.2) is 4.79 Å². The molecule has 35 heavy (non-hydrogen) atoms. The van der Waals surface area contributed by atoms with Crippen molar-refractivity contribution in [2.24, 2.45) is 0 Å². The Morgan fingerprint density at radius 2 is 2.09 bits per heavy atom. The van der Waals surface area contributed by atoms with Gasteiger partial charge >= 0.3 is 6.03 Å². The van der Waals surface area contributed by atoms with Crippen molar-refractivity contribution in [2.45, 2.75) is 64.7 Å². The number of likely N-dealkylation sites (tertiary alicyclic amines) is 1. The summed E-state index contributed by atoms with van der Waals surface area (Å²) in [4.78, 5) is 14.4. The van der Waals surface area contributed by atoms with Gasteiger partial charge < -0.3 is 20.1 Å². The van der Waals surface area contributed by atoms with Crippen molar-refractivity contribution in [1.29, 1.82) is 0 Å². The minimum absolute atomic E-state index is 0.0228. The highest BCUT2D eigenvalue weighted by Crippen LogP contribution is 2.40. The van der Waals surface area contributed by atoms with Crippen LogP contribution in [0, 0.1) is 0 Å². The van der Waals surface area contributed by atoms with Gasteiger partial charge in [0.2, 0.25) is 0 Å². The zero-order valence-corrected chi connectivity index (χ0v) is 21.3. The van der Waals surface area contributed by atoms with Crippen molar-refractivity contribution >= 4 is 22.9 Å². The number of amides is 2. The lowest BCUT2D eigenvalue weighted by molar-refractivity contribution is 0.153. The zero-order chi connectivity index (χ0) is 24.5. The van der Waals surface area contributed by atoms with Crippen molar-refractivity contribution in [3.8, 4) is 10.6 Å². The average Bonchev–Trinajstić information content (AvgIpc) is 3.59. The number of nitrogens with zero attached hydrogens (tertiary/aromatic N) is 3. The number of benzene rings is 1. The number of ether oxygens (including phenoxy) is 1. The maximum absolute atomic E-state index is 12.7. The highest BCUT2D eigenvalue weighted by atomic mass is 32.1. The lowest BCUT2D eigenvalue weighted by atomic mass is 9.98. The Hall–Kier alpha value is -2.97. The van der Waals surface area contributed by atoms with Gasteiger partial charge in [-0.05, 0) is 68.4 Å². The molecule has 1 saturated heterocycles. The molecular weight excluding hydrogens is 460 g/mol. The van der Waals surface area contributed by atoms with Crippen LogP contribution in [0.5, 0.6) is 0 Å². The van der Waals surface area contributed by atoms with E-state index in [9.17, 15) is 9.90 Å². The number of aliphatic hydroxyl groups is 1. The first-order chi connectivity index (χ1) is 16.9. The molecule has 184 valence electrons. The van der Waals surface area contributed by atoms with Crippen LogP contribution in [0.3, 0.4) is 0 Å². The molecule has 1 aromatic heterocycles. The van der Waals surface area contributed by atoms with Gasteiger partial charge in [0.25, 0.3) is 0 Å². The number of β-amino-alcohol motifs (C(OH)–C–C–N with tert-alkyl or cyclic N) is 1. The quantitative estimate of drug-likeness (QED) is 0.613. The van der Waals surface area contributed by atoms with Gasteiger partial charge in [-0.1, -0.05) is 41.7 Å². The summed E-state index contributed by atoms with van der Waals surface area (Å²) in [6.45, 7) is 7.12. The molecule has 2 N–H and O–H groups in total. The van der Waals surface area contributed by atoms with Crippen molar-refractivity contribution in [2.75, 3.05) is 13.1 Å². The number of urea groups is 1. The third-order valence-electron chi connectivity index (χ3n) is 6.79. The molecule has 3 aliphatic rings.